The van der Waals surface area contributed by atoms with Crippen LogP contribution in [0.3, 0.4) is 0 Å². The van der Waals surface area contributed by atoms with Gasteiger partial charge in [0.15, 0.2) is 0 Å². The van der Waals surface area contributed by atoms with E-state index in [9.17, 15) is 9.59 Å². The lowest BCUT2D eigenvalue weighted by molar-refractivity contribution is -0.131. The lowest BCUT2D eigenvalue weighted by atomic mass is 10.3. The predicted molar refractivity (Wildman–Crippen MR) is 66.2 cm³/mol. The molecule has 1 unspecified atom stereocenters. The van der Waals surface area contributed by atoms with Crippen molar-refractivity contribution >= 4 is 11.9 Å². The van der Waals surface area contributed by atoms with E-state index >= 15 is 0 Å². The minimum Gasteiger partial charge on any atom is -0.378 e. The van der Waals surface area contributed by atoms with Crippen LogP contribution in [0.5, 0.6) is 0 Å². The number of nitrogens with one attached hydrogen (secondary N) is 1. The maximum absolute atomic E-state index is 12.0. The lowest BCUT2D eigenvalue weighted by Crippen LogP contribution is -2.52. The zero-order chi connectivity index (χ0) is 13.0. The molecule has 102 valence electrons. The molecule has 2 fully saturated rings. The van der Waals surface area contributed by atoms with Gasteiger partial charge in [0.05, 0.1) is 13.2 Å². The molecule has 0 aromatic heterocycles. The zero-order valence-corrected chi connectivity index (χ0v) is 10.9. The summed E-state index contributed by atoms with van der Waals surface area (Å²) < 4.78 is 5.19. The molecule has 1 N–H and O–H groups in total. The van der Waals surface area contributed by atoms with Gasteiger partial charge < -0.3 is 19.9 Å². The number of carbonyl (C=O) groups excluding carboxylic acids is 2. The van der Waals surface area contributed by atoms with Crippen molar-refractivity contribution in [3.63, 3.8) is 0 Å². The van der Waals surface area contributed by atoms with Crippen molar-refractivity contribution in [1.29, 1.82) is 0 Å². The Morgan fingerprint density at radius 1 is 1.06 bits per heavy atom. The minimum atomic E-state index is -0.446. The fourth-order valence-corrected chi connectivity index (χ4v) is 2.32. The lowest BCUT2D eigenvalue weighted by Gasteiger charge is -2.29. The molecule has 0 aromatic rings. The number of nitrogens with zero attached hydrogens (tertiary/aromatic N) is 2. The molecule has 2 aliphatic heterocycles. The quantitative estimate of drug-likeness (QED) is 0.758. The molecule has 6 nitrogen and oxygen atoms in total. The Bertz CT molecular complexity index is 310. The van der Waals surface area contributed by atoms with Gasteiger partial charge in [-0.1, -0.05) is 0 Å². The highest BCUT2D eigenvalue weighted by Crippen LogP contribution is 2.09. The summed E-state index contributed by atoms with van der Waals surface area (Å²) in [5.41, 5.74) is 0. The van der Waals surface area contributed by atoms with Gasteiger partial charge in [0.25, 0.3) is 0 Å². The summed E-state index contributed by atoms with van der Waals surface area (Å²) in [5.74, 6) is 0.0223. The number of carbonyl (C=O) groups is 2. The molecule has 3 amide bonds. The Balaban J connectivity index is 1.80. The van der Waals surface area contributed by atoms with Crippen LogP contribution in [0.1, 0.15) is 19.8 Å². The molecule has 0 aromatic carbocycles. The molecule has 6 heteroatoms. The number of hydrogen-bond donors (Lipinski definition) is 1. The number of likely N-dealkylation sites (tertiary alicyclic amines) is 1. The van der Waals surface area contributed by atoms with Crippen molar-refractivity contribution in [2.24, 2.45) is 0 Å². The van der Waals surface area contributed by atoms with Gasteiger partial charge in [0.1, 0.15) is 6.04 Å². The van der Waals surface area contributed by atoms with Crippen molar-refractivity contribution < 1.29 is 14.3 Å². The van der Waals surface area contributed by atoms with Gasteiger partial charge >= 0.3 is 6.03 Å². The second-order valence-corrected chi connectivity index (χ2v) is 4.80. The Labute approximate surface area is 107 Å². The Hall–Kier alpha value is -1.30. The van der Waals surface area contributed by atoms with E-state index in [1.54, 1.807) is 11.8 Å². The number of rotatable bonds is 2. The van der Waals surface area contributed by atoms with E-state index in [0.717, 1.165) is 25.9 Å². The highest BCUT2D eigenvalue weighted by Gasteiger charge is 2.26. The average Bonchev–Trinajstić information content (AvgIpc) is 2.92. The van der Waals surface area contributed by atoms with Gasteiger partial charge in [-0.2, -0.15) is 0 Å². The maximum Gasteiger partial charge on any atom is 0.318 e. The molecule has 2 rings (SSSR count). The SMILES string of the molecule is CC(NC(=O)N1CCOCC1)C(=O)N1CCCC1. The monoisotopic (exact) mass is 255 g/mol. The Kier molecular flexibility index (Phi) is 4.41. The number of morpholine rings is 1. The molecular weight excluding hydrogens is 234 g/mol. The summed E-state index contributed by atoms with van der Waals surface area (Å²) in [4.78, 5) is 27.5. The van der Waals surface area contributed by atoms with Gasteiger partial charge in [0.2, 0.25) is 5.91 Å². The molecule has 0 saturated carbocycles. The highest BCUT2D eigenvalue weighted by molar-refractivity contribution is 5.86. The van der Waals surface area contributed by atoms with Crippen molar-refractivity contribution in [2.45, 2.75) is 25.8 Å². The van der Waals surface area contributed by atoms with Crippen LogP contribution in [0.2, 0.25) is 0 Å². The third-order valence-corrected chi connectivity index (χ3v) is 3.43. The van der Waals surface area contributed by atoms with Crippen molar-refractivity contribution in [3.8, 4) is 0 Å². The first-order chi connectivity index (χ1) is 8.68. The summed E-state index contributed by atoms with van der Waals surface area (Å²) in [5, 5.41) is 2.77. The van der Waals surface area contributed by atoms with Crippen LogP contribution in [0, 0.1) is 0 Å². The second-order valence-electron chi connectivity index (χ2n) is 4.80. The first-order valence-corrected chi connectivity index (χ1v) is 6.60. The number of hydrogen-bond acceptors (Lipinski definition) is 3. The van der Waals surface area contributed by atoms with Crippen LogP contribution < -0.4 is 5.32 Å². The van der Waals surface area contributed by atoms with Crippen molar-refractivity contribution in [3.05, 3.63) is 0 Å². The normalized spacial score (nSPS) is 21.8. The van der Waals surface area contributed by atoms with E-state index in [-0.39, 0.29) is 11.9 Å². The maximum atomic E-state index is 12.0. The van der Waals surface area contributed by atoms with Crippen LogP contribution in [0.15, 0.2) is 0 Å². The Morgan fingerprint density at radius 3 is 2.28 bits per heavy atom. The minimum absolute atomic E-state index is 0.0223. The van der Waals surface area contributed by atoms with E-state index < -0.39 is 6.04 Å². The smallest absolute Gasteiger partial charge is 0.318 e. The fraction of sp³-hybridized carbons (Fsp3) is 0.833. The van der Waals surface area contributed by atoms with Crippen LogP contribution >= 0.6 is 0 Å². The first-order valence-electron chi connectivity index (χ1n) is 6.60. The van der Waals surface area contributed by atoms with Gasteiger partial charge in [-0.3, -0.25) is 4.79 Å². The largest absolute Gasteiger partial charge is 0.378 e. The van der Waals surface area contributed by atoms with E-state index in [1.807, 2.05) is 4.90 Å². The van der Waals surface area contributed by atoms with E-state index in [1.165, 1.54) is 0 Å². The van der Waals surface area contributed by atoms with Crippen LogP contribution in [-0.2, 0) is 9.53 Å². The van der Waals surface area contributed by atoms with Crippen molar-refractivity contribution in [2.75, 3.05) is 39.4 Å². The molecule has 0 bridgehead atoms. The first kappa shape index (κ1) is 13.1. The third kappa shape index (κ3) is 3.13. The van der Waals surface area contributed by atoms with E-state index in [4.69, 9.17) is 4.74 Å². The molecule has 2 aliphatic rings. The topological polar surface area (TPSA) is 61.9 Å². The molecule has 1 atom stereocenters. The standard InChI is InChI=1S/C12H21N3O3/c1-10(11(16)14-4-2-3-5-14)13-12(17)15-6-8-18-9-7-15/h10H,2-9H2,1H3,(H,13,17). The molecule has 2 heterocycles. The number of amides is 3. The summed E-state index contributed by atoms with van der Waals surface area (Å²) >= 11 is 0. The van der Waals surface area contributed by atoms with Gasteiger partial charge in [-0.15, -0.1) is 0 Å². The molecule has 0 aliphatic carbocycles. The van der Waals surface area contributed by atoms with Crippen molar-refractivity contribution in [1.82, 2.24) is 15.1 Å². The molecule has 0 radical (unpaired) electrons. The number of urea groups is 1. The summed E-state index contributed by atoms with van der Waals surface area (Å²) in [7, 11) is 0. The zero-order valence-electron chi connectivity index (χ0n) is 10.9. The van der Waals surface area contributed by atoms with E-state index in [2.05, 4.69) is 5.32 Å². The van der Waals surface area contributed by atoms with E-state index in [0.29, 0.717) is 26.3 Å². The highest BCUT2D eigenvalue weighted by atomic mass is 16.5. The third-order valence-electron chi connectivity index (χ3n) is 3.43. The summed E-state index contributed by atoms with van der Waals surface area (Å²) in [6.07, 6.45) is 2.13. The van der Waals surface area contributed by atoms with Gasteiger partial charge in [-0.25, -0.2) is 4.79 Å². The van der Waals surface area contributed by atoms with Gasteiger partial charge in [-0.05, 0) is 19.8 Å². The predicted octanol–water partition coefficient (Wildman–Crippen LogP) is 0.0391. The molecule has 2 saturated heterocycles. The second kappa shape index (κ2) is 6.04. The van der Waals surface area contributed by atoms with Crippen LogP contribution in [0.4, 0.5) is 4.79 Å². The molecule has 0 spiro atoms. The number of ether oxygens (including phenoxy) is 1. The summed E-state index contributed by atoms with van der Waals surface area (Å²) in [6.45, 7) is 5.71. The Morgan fingerprint density at radius 2 is 1.67 bits per heavy atom. The molecule has 18 heavy (non-hydrogen) atoms. The van der Waals surface area contributed by atoms with Crippen LogP contribution in [-0.4, -0.2) is 67.2 Å². The summed E-state index contributed by atoms with van der Waals surface area (Å²) in [6, 6.07) is -0.614. The molecular formula is C12H21N3O3. The van der Waals surface area contributed by atoms with Crippen LogP contribution in [0.25, 0.3) is 0 Å². The van der Waals surface area contributed by atoms with Gasteiger partial charge in [0, 0.05) is 26.2 Å². The average molecular weight is 255 g/mol. The fourth-order valence-electron chi connectivity index (χ4n) is 2.32.